The number of hydrogen-bond donors (Lipinski definition) is 3. The first-order valence-corrected chi connectivity index (χ1v) is 13.1. The van der Waals surface area contributed by atoms with E-state index in [1.165, 1.54) is 24.3 Å². The summed E-state index contributed by atoms with van der Waals surface area (Å²) in [4.78, 5) is 37.0. The highest BCUT2D eigenvalue weighted by Gasteiger charge is 2.48. The van der Waals surface area contributed by atoms with E-state index in [2.05, 4.69) is 14.8 Å². The minimum absolute atomic E-state index is 0.0287. The van der Waals surface area contributed by atoms with Crippen LogP contribution in [0, 0.1) is 5.92 Å². The van der Waals surface area contributed by atoms with Crippen molar-refractivity contribution in [3.8, 4) is 16.9 Å². The third kappa shape index (κ3) is 8.47. The molecule has 0 aliphatic rings. The van der Waals surface area contributed by atoms with E-state index in [1.807, 2.05) is 13.8 Å². The summed E-state index contributed by atoms with van der Waals surface area (Å²) >= 11 is 0. The average Bonchev–Trinajstić information content (AvgIpc) is 2.82. The molecule has 0 fully saturated rings. The fraction of sp³-hybridized carbons (Fsp3) is 0.400. The quantitative estimate of drug-likeness (QED) is 0.263. The number of rotatable bonds is 12. The molecule has 0 aromatic heterocycles. The zero-order valence-corrected chi connectivity index (χ0v) is 21.7. The van der Waals surface area contributed by atoms with Crippen LogP contribution in [0.25, 0.3) is 11.1 Å². The minimum Gasteiger partial charge on any atom is -0.480 e. The molecule has 13 heteroatoms. The molecule has 0 radical (unpaired) electrons. The Morgan fingerprint density at radius 1 is 0.921 bits per heavy atom. The number of carbonyl (C=O) groups is 3. The third-order valence-electron chi connectivity index (χ3n) is 5.35. The van der Waals surface area contributed by atoms with Crippen LogP contribution in [-0.4, -0.2) is 48.9 Å². The maximum atomic E-state index is 12.8. The Hall–Kier alpha value is -3.61. The van der Waals surface area contributed by atoms with Gasteiger partial charge in [-0.1, -0.05) is 51.5 Å². The molecule has 0 spiro atoms. The second-order valence-corrected chi connectivity index (χ2v) is 10.5. The van der Waals surface area contributed by atoms with Crippen LogP contribution in [0.2, 0.25) is 0 Å². The fourth-order valence-electron chi connectivity index (χ4n) is 3.45. The Balaban J connectivity index is 2.12. The molecule has 0 aliphatic carbocycles. The number of aliphatic carboxylic acids is 1. The van der Waals surface area contributed by atoms with E-state index >= 15 is 0 Å². The molecule has 2 atom stereocenters. The standard InChI is InChI=1S/C25H29F3N2O7S/c1-4-5-20(24(33)34)29-23(32)21(14-15(2)3)30-22(31)18-8-6-16(7-9-18)17-10-12-19(13-11-17)37-38(35,36)25(26,27)28/h6-13,15,20-21H,4-5,14H2,1-3H3,(H,29,32)(H,30,31)(H,33,34)/t20-,21-/m0/s1. The Bertz CT molecular complexity index is 1230. The van der Waals surface area contributed by atoms with Crippen molar-refractivity contribution >= 4 is 27.9 Å². The molecule has 2 aromatic carbocycles. The van der Waals surface area contributed by atoms with Crippen molar-refractivity contribution in [2.75, 3.05) is 0 Å². The van der Waals surface area contributed by atoms with Crippen molar-refractivity contribution < 1.29 is 45.3 Å². The molecule has 0 aliphatic heterocycles. The van der Waals surface area contributed by atoms with E-state index in [0.29, 0.717) is 17.5 Å². The van der Waals surface area contributed by atoms with E-state index in [4.69, 9.17) is 0 Å². The van der Waals surface area contributed by atoms with Crippen LogP contribution in [-0.2, 0) is 19.7 Å². The molecule has 2 rings (SSSR count). The number of carbonyl (C=O) groups excluding carboxylic acids is 2. The van der Waals surface area contributed by atoms with E-state index in [0.717, 1.165) is 12.1 Å². The molecule has 3 N–H and O–H groups in total. The number of halogens is 3. The Morgan fingerprint density at radius 2 is 1.45 bits per heavy atom. The zero-order chi connectivity index (χ0) is 28.7. The monoisotopic (exact) mass is 558 g/mol. The lowest BCUT2D eigenvalue weighted by Crippen LogP contribution is -2.52. The molecule has 2 amide bonds. The van der Waals surface area contributed by atoms with Gasteiger partial charge in [-0.2, -0.15) is 21.6 Å². The lowest BCUT2D eigenvalue weighted by Gasteiger charge is -2.22. The molecular formula is C25H29F3N2O7S. The van der Waals surface area contributed by atoms with Crippen LogP contribution in [0.1, 0.15) is 50.4 Å². The summed E-state index contributed by atoms with van der Waals surface area (Å²) in [6.07, 6.45) is 1.08. The summed E-state index contributed by atoms with van der Waals surface area (Å²) in [5.74, 6) is -2.80. The molecule has 0 bridgehead atoms. The van der Waals surface area contributed by atoms with E-state index in [9.17, 15) is 41.1 Å². The first kappa shape index (κ1) is 30.6. The predicted molar refractivity (Wildman–Crippen MR) is 133 cm³/mol. The molecule has 208 valence electrons. The Labute approximate surface area is 218 Å². The maximum absolute atomic E-state index is 12.8. The fourth-order valence-corrected chi connectivity index (χ4v) is 3.91. The summed E-state index contributed by atoms with van der Waals surface area (Å²) in [7, 11) is -5.78. The highest BCUT2D eigenvalue weighted by atomic mass is 32.2. The van der Waals surface area contributed by atoms with Crippen molar-refractivity contribution in [3.63, 3.8) is 0 Å². The number of alkyl halides is 3. The van der Waals surface area contributed by atoms with Gasteiger partial charge in [0.25, 0.3) is 5.91 Å². The second-order valence-electron chi connectivity index (χ2n) is 8.93. The Morgan fingerprint density at radius 3 is 1.89 bits per heavy atom. The number of carboxylic acids is 1. The summed E-state index contributed by atoms with van der Waals surface area (Å²) < 4.78 is 63.8. The van der Waals surface area contributed by atoms with Gasteiger partial charge in [-0.15, -0.1) is 0 Å². The van der Waals surface area contributed by atoms with Gasteiger partial charge in [0.15, 0.2) is 0 Å². The smallest absolute Gasteiger partial charge is 0.480 e. The van der Waals surface area contributed by atoms with Crippen LogP contribution in [0.15, 0.2) is 48.5 Å². The summed E-state index contributed by atoms with van der Waals surface area (Å²) in [6.45, 7) is 5.51. The lowest BCUT2D eigenvalue weighted by molar-refractivity contribution is -0.142. The topological polar surface area (TPSA) is 139 Å². The largest absolute Gasteiger partial charge is 0.534 e. The van der Waals surface area contributed by atoms with Crippen LogP contribution in [0.4, 0.5) is 13.2 Å². The van der Waals surface area contributed by atoms with E-state index < -0.39 is 51.2 Å². The van der Waals surface area contributed by atoms with Crippen LogP contribution >= 0.6 is 0 Å². The molecule has 9 nitrogen and oxygen atoms in total. The van der Waals surface area contributed by atoms with Crippen LogP contribution in [0.3, 0.4) is 0 Å². The van der Waals surface area contributed by atoms with Gasteiger partial charge in [0.05, 0.1) is 0 Å². The van der Waals surface area contributed by atoms with Gasteiger partial charge in [0.1, 0.15) is 17.8 Å². The van der Waals surface area contributed by atoms with Gasteiger partial charge in [-0.3, -0.25) is 9.59 Å². The number of carboxylic acid groups (broad SMARTS) is 1. The number of hydrogen-bond acceptors (Lipinski definition) is 6. The second kappa shape index (κ2) is 12.8. The number of amides is 2. The maximum Gasteiger partial charge on any atom is 0.534 e. The predicted octanol–water partition coefficient (Wildman–Crippen LogP) is 4.10. The highest BCUT2D eigenvalue weighted by Crippen LogP contribution is 2.28. The van der Waals surface area contributed by atoms with Crippen molar-refractivity contribution in [1.82, 2.24) is 10.6 Å². The molecule has 2 aromatic rings. The third-order valence-corrected chi connectivity index (χ3v) is 6.32. The summed E-state index contributed by atoms with van der Waals surface area (Å²) in [6, 6.07) is 8.91. The summed E-state index contributed by atoms with van der Waals surface area (Å²) in [5, 5.41) is 14.4. The molecule has 0 saturated carbocycles. The highest BCUT2D eigenvalue weighted by molar-refractivity contribution is 7.88. The minimum atomic E-state index is -5.78. The number of benzene rings is 2. The average molecular weight is 559 g/mol. The summed E-state index contributed by atoms with van der Waals surface area (Å²) in [5.41, 5.74) is -4.24. The van der Waals surface area contributed by atoms with Crippen molar-refractivity contribution in [2.45, 2.75) is 57.6 Å². The van der Waals surface area contributed by atoms with Crippen molar-refractivity contribution in [2.24, 2.45) is 5.92 Å². The van der Waals surface area contributed by atoms with E-state index in [-0.39, 0.29) is 24.3 Å². The SMILES string of the molecule is CCC[C@H](NC(=O)[C@H](CC(C)C)NC(=O)c1ccc(-c2ccc(OS(=O)(=O)C(F)(F)F)cc2)cc1)C(=O)O. The Kier molecular flexibility index (Phi) is 10.3. The molecular weight excluding hydrogens is 529 g/mol. The number of nitrogens with one attached hydrogen (secondary N) is 2. The van der Waals surface area contributed by atoms with Gasteiger partial charge >= 0.3 is 21.6 Å². The lowest BCUT2D eigenvalue weighted by atomic mass is 10.0. The van der Waals surface area contributed by atoms with Crippen molar-refractivity contribution in [3.05, 3.63) is 54.1 Å². The molecule has 0 unspecified atom stereocenters. The molecule has 0 heterocycles. The van der Waals surface area contributed by atoms with E-state index in [1.54, 1.807) is 19.1 Å². The van der Waals surface area contributed by atoms with Gasteiger partial charge in [0, 0.05) is 5.56 Å². The van der Waals surface area contributed by atoms with Gasteiger partial charge in [0.2, 0.25) is 5.91 Å². The van der Waals surface area contributed by atoms with Crippen LogP contribution < -0.4 is 14.8 Å². The molecule has 0 saturated heterocycles. The normalized spacial score (nSPS) is 13.4. The first-order chi connectivity index (χ1) is 17.6. The van der Waals surface area contributed by atoms with Gasteiger partial charge in [-0.25, -0.2) is 4.79 Å². The van der Waals surface area contributed by atoms with Gasteiger partial charge < -0.3 is 19.9 Å². The first-order valence-electron chi connectivity index (χ1n) is 11.7. The van der Waals surface area contributed by atoms with Crippen LogP contribution in [0.5, 0.6) is 5.75 Å². The van der Waals surface area contributed by atoms with Gasteiger partial charge in [-0.05, 0) is 54.2 Å². The van der Waals surface area contributed by atoms with Crippen molar-refractivity contribution in [1.29, 1.82) is 0 Å². The molecule has 38 heavy (non-hydrogen) atoms. The zero-order valence-electron chi connectivity index (χ0n) is 20.9.